The Hall–Kier alpha value is -2.90. The van der Waals surface area contributed by atoms with Gasteiger partial charge in [0.1, 0.15) is 6.04 Å². The van der Waals surface area contributed by atoms with Crippen LogP contribution < -0.4 is 16.0 Å². The largest absolute Gasteiger partial charge is 0.454 e. The lowest BCUT2D eigenvalue weighted by Gasteiger charge is -2.23. The van der Waals surface area contributed by atoms with Gasteiger partial charge >= 0.3 is 12.0 Å². The standard InChI is InChI=1S/C22H31N3O5/c1-14(2)19(25-20(27)17-12-8-7-9-15(17)3)21(28)30-13-18(26)24-22(29)23-16-10-5-4-6-11-16/h7-9,12,14,16,19H,4-6,10-11,13H2,1-3H3,(H,25,27)(H2,23,24,26,29)/t19-/m0/s1. The first-order valence-corrected chi connectivity index (χ1v) is 10.4. The predicted molar refractivity (Wildman–Crippen MR) is 112 cm³/mol. The van der Waals surface area contributed by atoms with Crippen molar-refractivity contribution in [1.82, 2.24) is 16.0 Å². The molecule has 0 heterocycles. The second-order valence-corrected chi connectivity index (χ2v) is 7.97. The summed E-state index contributed by atoms with van der Waals surface area (Å²) in [5.74, 6) is -2.08. The number of aryl methyl sites for hydroxylation is 1. The van der Waals surface area contributed by atoms with Gasteiger partial charge in [0.05, 0.1) is 0 Å². The fraction of sp³-hybridized carbons (Fsp3) is 0.545. The molecule has 0 bridgehead atoms. The highest BCUT2D eigenvalue weighted by Gasteiger charge is 2.27. The highest BCUT2D eigenvalue weighted by Crippen LogP contribution is 2.17. The molecule has 1 saturated carbocycles. The van der Waals surface area contributed by atoms with Gasteiger partial charge in [-0.3, -0.25) is 14.9 Å². The van der Waals surface area contributed by atoms with Crippen molar-refractivity contribution in [2.75, 3.05) is 6.61 Å². The van der Waals surface area contributed by atoms with E-state index in [0.717, 1.165) is 37.7 Å². The van der Waals surface area contributed by atoms with E-state index < -0.39 is 30.6 Å². The SMILES string of the molecule is Cc1ccccc1C(=O)N[C@H](C(=O)OCC(=O)NC(=O)NC1CCCCC1)C(C)C. The number of ether oxygens (including phenoxy) is 1. The van der Waals surface area contributed by atoms with Crippen LogP contribution in [0.3, 0.4) is 0 Å². The first-order chi connectivity index (χ1) is 14.3. The van der Waals surface area contributed by atoms with E-state index in [9.17, 15) is 19.2 Å². The van der Waals surface area contributed by atoms with Gasteiger partial charge in [-0.25, -0.2) is 9.59 Å². The summed E-state index contributed by atoms with van der Waals surface area (Å²) >= 11 is 0. The molecule has 1 aliphatic carbocycles. The quantitative estimate of drug-likeness (QED) is 0.590. The molecule has 0 spiro atoms. The first kappa shape index (κ1) is 23.4. The van der Waals surface area contributed by atoms with Gasteiger partial charge < -0.3 is 15.4 Å². The van der Waals surface area contributed by atoms with Crippen LogP contribution in [-0.2, 0) is 14.3 Å². The Balaban J connectivity index is 1.82. The van der Waals surface area contributed by atoms with Crippen molar-refractivity contribution < 1.29 is 23.9 Å². The molecule has 0 unspecified atom stereocenters. The van der Waals surface area contributed by atoms with Crippen LogP contribution in [0.2, 0.25) is 0 Å². The average Bonchev–Trinajstić information content (AvgIpc) is 2.70. The molecule has 0 saturated heterocycles. The maximum absolute atomic E-state index is 12.5. The van der Waals surface area contributed by atoms with Crippen molar-refractivity contribution in [2.24, 2.45) is 5.92 Å². The van der Waals surface area contributed by atoms with Gasteiger partial charge in [0, 0.05) is 11.6 Å². The van der Waals surface area contributed by atoms with E-state index in [0.29, 0.717) is 5.56 Å². The molecular weight excluding hydrogens is 386 g/mol. The summed E-state index contributed by atoms with van der Waals surface area (Å²) in [6.45, 7) is 4.74. The van der Waals surface area contributed by atoms with E-state index in [2.05, 4.69) is 16.0 Å². The minimum atomic E-state index is -0.916. The molecule has 1 atom stereocenters. The second-order valence-electron chi connectivity index (χ2n) is 7.97. The molecule has 164 valence electrons. The first-order valence-electron chi connectivity index (χ1n) is 10.4. The fourth-order valence-corrected chi connectivity index (χ4v) is 3.40. The van der Waals surface area contributed by atoms with Gasteiger partial charge in [-0.2, -0.15) is 0 Å². The van der Waals surface area contributed by atoms with Crippen LogP contribution in [0.15, 0.2) is 24.3 Å². The number of esters is 1. The minimum absolute atomic E-state index is 0.0658. The van der Waals surface area contributed by atoms with Crippen molar-refractivity contribution in [2.45, 2.75) is 65.0 Å². The number of carbonyl (C=O) groups is 4. The lowest BCUT2D eigenvalue weighted by Crippen LogP contribution is -2.48. The number of nitrogens with one attached hydrogen (secondary N) is 3. The third-order valence-corrected chi connectivity index (χ3v) is 5.14. The van der Waals surface area contributed by atoms with E-state index in [1.54, 1.807) is 39.0 Å². The van der Waals surface area contributed by atoms with E-state index >= 15 is 0 Å². The van der Waals surface area contributed by atoms with Gasteiger partial charge in [-0.15, -0.1) is 0 Å². The number of imide groups is 1. The lowest BCUT2D eigenvalue weighted by molar-refractivity contribution is -0.151. The van der Waals surface area contributed by atoms with Crippen LogP contribution in [0.25, 0.3) is 0 Å². The van der Waals surface area contributed by atoms with Gasteiger partial charge in [0.25, 0.3) is 11.8 Å². The van der Waals surface area contributed by atoms with Gasteiger partial charge in [0.2, 0.25) is 0 Å². The lowest BCUT2D eigenvalue weighted by atomic mass is 9.96. The normalized spacial score (nSPS) is 15.2. The zero-order valence-corrected chi connectivity index (χ0v) is 17.8. The van der Waals surface area contributed by atoms with Gasteiger partial charge in [0.15, 0.2) is 6.61 Å². The second kappa shape index (κ2) is 11.3. The van der Waals surface area contributed by atoms with E-state index in [-0.39, 0.29) is 17.9 Å². The summed E-state index contributed by atoms with van der Waals surface area (Å²) in [4.78, 5) is 48.8. The molecule has 1 aromatic rings. The van der Waals surface area contributed by atoms with Crippen LogP contribution in [-0.4, -0.2) is 42.5 Å². The van der Waals surface area contributed by atoms with Crippen molar-refractivity contribution >= 4 is 23.8 Å². The van der Waals surface area contributed by atoms with Crippen LogP contribution in [0, 0.1) is 12.8 Å². The molecule has 8 nitrogen and oxygen atoms in total. The van der Waals surface area contributed by atoms with E-state index in [1.165, 1.54) is 0 Å². The zero-order valence-electron chi connectivity index (χ0n) is 17.8. The molecule has 30 heavy (non-hydrogen) atoms. The van der Waals surface area contributed by atoms with E-state index in [4.69, 9.17) is 4.74 Å². The Morgan fingerprint density at radius 3 is 2.37 bits per heavy atom. The summed E-state index contributed by atoms with van der Waals surface area (Å²) in [7, 11) is 0. The number of benzene rings is 1. The topological polar surface area (TPSA) is 114 Å². The Morgan fingerprint density at radius 2 is 1.73 bits per heavy atom. The number of urea groups is 1. The molecule has 1 aliphatic rings. The summed E-state index contributed by atoms with van der Waals surface area (Å²) in [5.41, 5.74) is 1.25. The Bertz CT molecular complexity index is 772. The molecule has 3 N–H and O–H groups in total. The summed E-state index contributed by atoms with van der Waals surface area (Å²) in [6, 6.07) is 5.61. The van der Waals surface area contributed by atoms with Crippen molar-refractivity contribution in [3.63, 3.8) is 0 Å². The van der Waals surface area contributed by atoms with Crippen LogP contribution in [0.5, 0.6) is 0 Å². The number of hydrogen-bond acceptors (Lipinski definition) is 5. The summed E-state index contributed by atoms with van der Waals surface area (Å²) in [5, 5.41) is 7.60. The third kappa shape index (κ3) is 7.17. The highest BCUT2D eigenvalue weighted by atomic mass is 16.5. The predicted octanol–water partition coefficient (Wildman–Crippen LogP) is 2.45. The Morgan fingerprint density at radius 1 is 1.07 bits per heavy atom. The summed E-state index contributed by atoms with van der Waals surface area (Å²) < 4.78 is 5.04. The molecule has 8 heteroatoms. The maximum atomic E-state index is 12.5. The number of rotatable bonds is 7. The van der Waals surface area contributed by atoms with Crippen molar-refractivity contribution in [1.29, 1.82) is 0 Å². The van der Waals surface area contributed by atoms with Gasteiger partial charge in [-0.05, 0) is 37.3 Å². The van der Waals surface area contributed by atoms with Crippen LogP contribution >= 0.6 is 0 Å². The molecule has 1 fully saturated rings. The Labute approximate surface area is 177 Å². The smallest absolute Gasteiger partial charge is 0.329 e. The minimum Gasteiger partial charge on any atom is -0.454 e. The summed E-state index contributed by atoms with van der Waals surface area (Å²) in [6.07, 6.45) is 5.06. The molecule has 1 aromatic carbocycles. The molecular formula is C22H31N3O5. The third-order valence-electron chi connectivity index (χ3n) is 5.14. The molecule has 0 radical (unpaired) electrons. The zero-order chi connectivity index (χ0) is 22.1. The molecule has 0 aromatic heterocycles. The van der Waals surface area contributed by atoms with E-state index in [1.807, 2.05) is 6.07 Å². The van der Waals surface area contributed by atoms with Crippen LogP contribution in [0.1, 0.15) is 61.9 Å². The van der Waals surface area contributed by atoms with Crippen LogP contribution in [0.4, 0.5) is 4.79 Å². The number of amides is 4. The monoisotopic (exact) mass is 417 g/mol. The fourth-order valence-electron chi connectivity index (χ4n) is 3.40. The molecule has 4 amide bonds. The molecule has 2 rings (SSSR count). The maximum Gasteiger partial charge on any atom is 0.329 e. The van der Waals surface area contributed by atoms with Crippen molar-refractivity contribution in [3.05, 3.63) is 35.4 Å². The number of carbonyl (C=O) groups excluding carboxylic acids is 4. The van der Waals surface area contributed by atoms with Crippen molar-refractivity contribution in [3.8, 4) is 0 Å². The molecule has 0 aliphatic heterocycles. The number of hydrogen-bond donors (Lipinski definition) is 3. The Kier molecular flexibility index (Phi) is 8.83. The van der Waals surface area contributed by atoms with Gasteiger partial charge in [-0.1, -0.05) is 51.3 Å². The average molecular weight is 418 g/mol. The highest BCUT2D eigenvalue weighted by molar-refractivity contribution is 5.98.